The van der Waals surface area contributed by atoms with Crippen molar-refractivity contribution in [2.75, 3.05) is 17.7 Å². The largest absolute Gasteiger partial charge is 0.354 e. The Balaban J connectivity index is 2.38. The second-order valence-corrected chi connectivity index (χ2v) is 3.74. The maximum absolute atomic E-state index is 12.5. The first-order valence-electron chi connectivity index (χ1n) is 5.03. The minimum absolute atomic E-state index is 0.423. The summed E-state index contributed by atoms with van der Waals surface area (Å²) in [6.07, 6.45) is 4.32. The van der Waals surface area contributed by atoms with Gasteiger partial charge in [-0.25, -0.2) is 14.4 Å². The zero-order chi connectivity index (χ0) is 11.1. The molecule has 1 aromatic rings. The molecule has 1 atom stereocenters. The van der Waals surface area contributed by atoms with Gasteiger partial charge in [-0.2, -0.15) is 0 Å². The van der Waals surface area contributed by atoms with E-state index in [2.05, 4.69) is 22.2 Å². The van der Waals surface area contributed by atoms with E-state index in [0.29, 0.717) is 17.7 Å². The lowest BCUT2D eigenvalue weighted by molar-refractivity contribution is 0.520. The molecule has 0 saturated carbocycles. The Morgan fingerprint density at radius 2 is 2.13 bits per heavy atom. The van der Waals surface area contributed by atoms with Gasteiger partial charge < -0.3 is 5.32 Å². The molecule has 1 rings (SSSR count). The van der Waals surface area contributed by atoms with Crippen molar-refractivity contribution in [1.29, 1.82) is 0 Å². The van der Waals surface area contributed by atoms with Crippen LogP contribution in [0.3, 0.4) is 0 Å². The highest BCUT2D eigenvalue weighted by Gasteiger charge is 2.05. The smallest absolute Gasteiger partial charge is 0.222 e. The van der Waals surface area contributed by atoms with Gasteiger partial charge in [0.05, 0.1) is 12.4 Å². The van der Waals surface area contributed by atoms with Crippen molar-refractivity contribution in [1.82, 2.24) is 9.97 Å². The molecule has 0 aromatic carbocycles. The molecule has 1 unspecified atom stereocenters. The number of alkyl halides is 1. The van der Waals surface area contributed by atoms with E-state index in [1.54, 1.807) is 0 Å². The van der Waals surface area contributed by atoms with Gasteiger partial charge >= 0.3 is 0 Å². The molecule has 15 heavy (non-hydrogen) atoms. The van der Waals surface area contributed by atoms with Crippen LogP contribution >= 0.6 is 11.6 Å². The number of nitrogens with zero attached hydrogens (tertiary/aromatic N) is 2. The van der Waals surface area contributed by atoms with E-state index in [-0.39, 0.29) is 0 Å². The van der Waals surface area contributed by atoms with Crippen molar-refractivity contribution in [3.63, 3.8) is 0 Å². The lowest BCUT2D eigenvalue weighted by Gasteiger charge is -2.13. The van der Waals surface area contributed by atoms with Crippen LogP contribution in [-0.2, 0) is 0 Å². The predicted octanol–water partition coefficient (Wildman–Crippen LogP) is 2.68. The normalized spacial score (nSPS) is 12.5. The van der Waals surface area contributed by atoms with Gasteiger partial charge in [-0.3, -0.25) is 0 Å². The Bertz CT molecular complexity index is 279. The number of rotatable bonds is 6. The average molecular weight is 232 g/mol. The van der Waals surface area contributed by atoms with E-state index >= 15 is 0 Å². The number of anilines is 1. The average Bonchev–Trinajstić information content (AvgIpc) is 2.26. The summed E-state index contributed by atoms with van der Waals surface area (Å²) in [4.78, 5) is 7.63. The molecule has 0 radical (unpaired) electrons. The zero-order valence-corrected chi connectivity index (χ0v) is 9.47. The summed E-state index contributed by atoms with van der Waals surface area (Å²) < 4.78 is 12.5. The fourth-order valence-corrected chi connectivity index (χ4v) is 1.55. The van der Waals surface area contributed by atoms with E-state index in [9.17, 15) is 4.39 Å². The highest BCUT2D eigenvalue weighted by atomic mass is 35.5. The third-order valence-electron chi connectivity index (χ3n) is 2.26. The SMILES string of the molecule is CCC(CCCl)CNc1ncc(F)cn1. The first kappa shape index (κ1) is 12.2. The summed E-state index contributed by atoms with van der Waals surface area (Å²) in [5.41, 5.74) is 0. The van der Waals surface area contributed by atoms with Gasteiger partial charge in [-0.1, -0.05) is 13.3 Å². The molecular weight excluding hydrogens is 217 g/mol. The number of hydrogen-bond acceptors (Lipinski definition) is 3. The third-order valence-corrected chi connectivity index (χ3v) is 2.48. The van der Waals surface area contributed by atoms with E-state index < -0.39 is 5.82 Å². The Kier molecular flexibility index (Phi) is 5.32. The maximum atomic E-state index is 12.5. The molecule has 0 aliphatic heterocycles. The van der Waals surface area contributed by atoms with Gasteiger partial charge in [-0.05, 0) is 12.3 Å². The van der Waals surface area contributed by atoms with Gasteiger partial charge in [0.15, 0.2) is 5.82 Å². The highest BCUT2D eigenvalue weighted by Crippen LogP contribution is 2.10. The minimum atomic E-state index is -0.423. The first-order valence-corrected chi connectivity index (χ1v) is 5.57. The summed E-state index contributed by atoms with van der Waals surface area (Å²) in [5, 5.41) is 3.06. The van der Waals surface area contributed by atoms with Crippen LogP contribution < -0.4 is 5.32 Å². The summed E-state index contributed by atoms with van der Waals surface area (Å²) in [5.74, 6) is 1.21. The highest BCUT2D eigenvalue weighted by molar-refractivity contribution is 6.17. The Hall–Kier alpha value is -0.900. The zero-order valence-electron chi connectivity index (χ0n) is 8.71. The van der Waals surface area contributed by atoms with E-state index in [0.717, 1.165) is 31.8 Å². The van der Waals surface area contributed by atoms with Crippen molar-refractivity contribution in [2.45, 2.75) is 19.8 Å². The standard InChI is InChI=1S/C10H15ClFN3/c1-2-8(3-4-11)5-13-10-14-6-9(12)7-15-10/h6-8H,2-5H2,1H3,(H,13,14,15). The monoisotopic (exact) mass is 231 g/mol. The van der Waals surface area contributed by atoms with Crippen LogP contribution in [0.2, 0.25) is 0 Å². The number of hydrogen-bond donors (Lipinski definition) is 1. The molecule has 3 nitrogen and oxygen atoms in total. The van der Waals surface area contributed by atoms with E-state index in [4.69, 9.17) is 11.6 Å². The van der Waals surface area contributed by atoms with Crippen LogP contribution in [0.25, 0.3) is 0 Å². The molecule has 0 saturated heterocycles. The molecule has 1 aromatic heterocycles. The van der Waals surface area contributed by atoms with Crippen molar-refractivity contribution < 1.29 is 4.39 Å². The Labute approximate surface area is 94.1 Å². The van der Waals surface area contributed by atoms with Gasteiger partial charge in [0.25, 0.3) is 0 Å². The molecular formula is C10H15ClFN3. The summed E-state index contributed by atoms with van der Waals surface area (Å²) >= 11 is 5.67. The lowest BCUT2D eigenvalue weighted by Crippen LogP contribution is -2.15. The van der Waals surface area contributed by atoms with Crippen LogP contribution in [0.5, 0.6) is 0 Å². The minimum Gasteiger partial charge on any atom is -0.354 e. The number of aromatic nitrogens is 2. The first-order chi connectivity index (χ1) is 7.26. The molecule has 0 spiro atoms. The lowest BCUT2D eigenvalue weighted by atomic mass is 10.0. The predicted molar refractivity (Wildman–Crippen MR) is 59.6 cm³/mol. The molecule has 0 amide bonds. The van der Waals surface area contributed by atoms with Crippen molar-refractivity contribution in [2.24, 2.45) is 5.92 Å². The molecule has 1 heterocycles. The van der Waals surface area contributed by atoms with E-state index in [1.165, 1.54) is 0 Å². The van der Waals surface area contributed by atoms with Crippen molar-refractivity contribution in [3.05, 3.63) is 18.2 Å². The Morgan fingerprint density at radius 1 is 1.47 bits per heavy atom. The second kappa shape index (κ2) is 6.56. The number of halogens is 2. The molecule has 84 valence electrons. The van der Waals surface area contributed by atoms with Gasteiger partial charge in [-0.15, -0.1) is 11.6 Å². The third kappa shape index (κ3) is 4.42. The van der Waals surface area contributed by atoms with Crippen LogP contribution in [0.4, 0.5) is 10.3 Å². The summed E-state index contributed by atoms with van der Waals surface area (Å²) in [6.45, 7) is 2.89. The topological polar surface area (TPSA) is 37.8 Å². The van der Waals surface area contributed by atoms with Gasteiger partial charge in [0, 0.05) is 12.4 Å². The fraction of sp³-hybridized carbons (Fsp3) is 0.600. The quantitative estimate of drug-likeness (QED) is 0.765. The molecule has 1 N–H and O–H groups in total. The van der Waals surface area contributed by atoms with Gasteiger partial charge in [0.2, 0.25) is 5.95 Å². The van der Waals surface area contributed by atoms with Crippen LogP contribution in [0.1, 0.15) is 19.8 Å². The molecule has 0 bridgehead atoms. The van der Waals surface area contributed by atoms with Crippen LogP contribution in [-0.4, -0.2) is 22.4 Å². The number of nitrogens with one attached hydrogen (secondary N) is 1. The van der Waals surface area contributed by atoms with Gasteiger partial charge in [0.1, 0.15) is 0 Å². The molecule has 5 heteroatoms. The van der Waals surface area contributed by atoms with E-state index in [1.807, 2.05) is 0 Å². The fourth-order valence-electron chi connectivity index (χ4n) is 1.24. The van der Waals surface area contributed by atoms with Crippen LogP contribution in [0.15, 0.2) is 12.4 Å². The molecule has 0 fully saturated rings. The van der Waals surface area contributed by atoms with Crippen molar-refractivity contribution in [3.8, 4) is 0 Å². The summed E-state index contributed by atoms with van der Waals surface area (Å²) in [7, 11) is 0. The molecule has 0 aliphatic rings. The maximum Gasteiger partial charge on any atom is 0.222 e. The Morgan fingerprint density at radius 3 is 2.67 bits per heavy atom. The second-order valence-electron chi connectivity index (χ2n) is 3.36. The summed E-state index contributed by atoms with van der Waals surface area (Å²) in [6, 6.07) is 0. The molecule has 0 aliphatic carbocycles. The van der Waals surface area contributed by atoms with Crippen LogP contribution in [0, 0.1) is 11.7 Å². The van der Waals surface area contributed by atoms with Crippen molar-refractivity contribution >= 4 is 17.5 Å².